The van der Waals surface area contributed by atoms with Crippen molar-refractivity contribution in [2.45, 2.75) is 69.7 Å². The SMILES string of the molecule is Cn1cc(-c2cc3c(-c4ccc(OC5CCOCC5)c(C#N)c4)nccc3[nH]2)cn1.N#Cc1cc(-c2nccc3[nH]c(-c4cccc(N5CCOCC5)c4)cc23)ccc1OC1CCOCC1.N#Cc1cc(-c2ncnc3[nH]c(-c4ccc(N5CCOCC5)cc4)cc23)ccc1OC1CCOCC1.N#Cc1cc(-c2ncnc3[nH]c(-c4ccc(N5CCOCC5)cc4)cc23)ccc1OCC1CC1. The number of pyridine rings is 2. The molecule has 29 heteroatoms. The highest BCUT2D eigenvalue weighted by molar-refractivity contribution is 5.99. The summed E-state index contributed by atoms with van der Waals surface area (Å²) in [5.74, 6) is 3.11. The van der Waals surface area contributed by atoms with Crippen LogP contribution in [0, 0.1) is 51.2 Å². The first-order valence-corrected chi connectivity index (χ1v) is 46.5. The van der Waals surface area contributed by atoms with Crippen molar-refractivity contribution in [2.75, 3.05) is 140 Å². The Morgan fingerprint density at radius 3 is 1.10 bits per heavy atom. The van der Waals surface area contributed by atoms with E-state index in [0.29, 0.717) is 97.4 Å². The number of aromatic amines is 4. The third-order valence-electron chi connectivity index (χ3n) is 25.7. The number of ether oxygens (including phenoxy) is 10. The van der Waals surface area contributed by atoms with Crippen molar-refractivity contribution in [3.8, 4) is 137 Å². The molecule has 684 valence electrons. The lowest BCUT2D eigenvalue weighted by atomic mass is 10.0. The Morgan fingerprint density at radius 1 is 0.338 bits per heavy atom. The molecule has 16 aromatic rings. The normalized spacial score (nSPS) is 16.1. The van der Waals surface area contributed by atoms with Crippen LogP contribution in [0.15, 0.2) is 219 Å². The van der Waals surface area contributed by atoms with E-state index in [1.54, 1.807) is 29.7 Å². The average Bonchev–Trinajstić information content (AvgIpc) is 1.64. The highest BCUT2D eigenvalue weighted by Gasteiger charge is 2.28. The number of anilines is 3. The van der Waals surface area contributed by atoms with Gasteiger partial charge >= 0.3 is 0 Å². The van der Waals surface area contributed by atoms with Gasteiger partial charge in [0.1, 0.15) is 89.5 Å². The number of morpholine rings is 3. The second-order valence-electron chi connectivity index (χ2n) is 34.6. The molecular formula is C107H101N19O10. The lowest BCUT2D eigenvalue weighted by molar-refractivity contribution is 0.0252. The van der Waals surface area contributed by atoms with Crippen LogP contribution < -0.4 is 33.6 Å². The average molecular weight is 1810 g/mol. The molecule has 0 radical (unpaired) electrons. The fourth-order valence-electron chi connectivity index (χ4n) is 18.0. The fourth-order valence-corrected chi connectivity index (χ4v) is 18.0. The van der Waals surface area contributed by atoms with Crippen molar-refractivity contribution in [3.05, 3.63) is 242 Å². The summed E-state index contributed by atoms with van der Waals surface area (Å²) in [5, 5.41) is 47.1. The summed E-state index contributed by atoms with van der Waals surface area (Å²) >= 11 is 0. The summed E-state index contributed by atoms with van der Waals surface area (Å²) in [6, 6.07) is 70.0. The molecule has 23 rings (SSSR count). The summed E-state index contributed by atoms with van der Waals surface area (Å²) in [6.45, 7) is 14.9. The van der Waals surface area contributed by atoms with Crippen LogP contribution >= 0.6 is 0 Å². The van der Waals surface area contributed by atoms with Gasteiger partial charge in [-0.05, 0) is 175 Å². The number of benzene rings is 7. The van der Waals surface area contributed by atoms with Crippen LogP contribution in [0.3, 0.4) is 0 Å². The van der Waals surface area contributed by atoms with Gasteiger partial charge in [-0.15, -0.1) is 0 Å². The number of aromatic nitrogens is 12. The van der Waals surface area contributed by atoms with Gasteiger partial charge in [0, 0.05) is 209 Å². The Kier molecular flexibility index (Phi) is 27.0. The molecule has 136 heavy (non-hydrogen) atoms. The minimum absolute atomic E-state index is 0.0734. The zero-order valence-electron chi connectivity index (χ0n) is 75.5. The third kappa shape index (κ3) is 20.4. The number of H-pyrrole nitrogens is 4. The summed E-state index contributed by atoms with van der Waals surface area (Å²) in [5.41, 5.74) is 24.2. The van der Waals surface area contributed by atoms with Gasteiger partial charge in [0.15, 0.2) is 0 Å². The highest BCUT2D eigenvalue weighted by atomic mass is 16.5. The number of hydrogen-bond donors (Lipinski definition) is 4. The number of fused-ring (bicyclic) bond motifs is 4. The van der Waals surface area contributed by atoms with E-state index in [4.69, 9.17) is 47.4 Å². The van der Waals surface area contributed by atoms with Crippen LogP contribution in [-0.4, -0.2) is 203 Å². The van der Waals surface area contributed by atoms with E-state index < -0.39 is 0 Å². The quantitative estimate of drug-likeness (QED) is 0.0550. The molecule has 1 saturated carbocycles. The Labute approximate surface area is 786 Å². The first kappa shape index (κ1) is 88.6. The summed E-state index contributed by atoms with van der Waals surface area (Å²) in [4.78, 5) is 48.2. The zero-order valence-corrected chi connectivity index (χ0v) is 75.5. The van der Waals surface area contributed by atoms with Crippen LogP contribution in [0.25, 0.3) is 134 Å². The Balaban J connectivity index is 0.000000112. The molecule has 0 amide bonds. The van der Waals surface area contributed by atoms with Gasteiger partial charge in [-0.25, -0.2) is 19.9 Å². The summed E-state index contributed by atoms with van der Waals surface area (Å²) in [7, 11) is 1.90. The van der Waals surface area contributed by atoms with Crippen LogP contribution in [0.5, 0.6) is 23.0 Å². The van der Waals surface area contributed by atoms with Crippen molar-refractivity contribution in [3.63, 3.8) is 0 Å². The third-order valence-corrected chi connectivity index (χ3v) is 25.7. The molecule has 7 aliphatic rings. The van der Waals surface area contributed by atoms with Crippen LogP contribution in [0.4, 0.5) is 17.1 Å². The topological polar surface area (TPSA) is 356 Å². The van der Waals surface area contributed by atoms with Crippen molar-refractivity contribution in [1.82, 2.24) is 59.6 Å². The molecule has 0 spiro atoms. The zero-order chi connectivity index (χ0) is 92.1. The molecule has 9 aromatic heterocycles. The predicted molar refractivity (Wildman–Crippen MR) is 520 cm³/mol. The first-order valence-electron chi connectivity index (χ1n) is 46.5. The molecule has 1 aliphatic carbocycles. The molecule has 0 bridgehead atoms. The minimum atomic E-state index is 0.0734. The van der Waals surface area contributed by atoms with Gasteiger partial charge in [-0.1, -0.05) is 36.4 Å². The maximum atomic E-state index is 9.83. The first-order chi connectivity index (χ1) is 67.0. The number of rotatable bonds is 20. The van der Waals surface area contributed by atoms with Crippen molar-refractivity contribution in [2.24, 2.45) is 13.0 Å². The Hall–Kier alpha value is -15.3. The largest absolute Gasteiger partial charge is 0.492 e. The lowest BCUT2D eigenvalue weighted by Gasteiger charge is -2.29. The van der Waals surface area contributed by atoms with Gasteiger partial charge in [0.25, 0.3) is 0 Å². The molecule has 4 N–H and O–H groups in total. The van der Waals surface area contributed by atoms with Crippen LogP contribution in [0.1, 0.15) is 73.6 Å². The van der Waals surface area contributed by atoms with Gasteiger partial charge in [0.2, 0.25) is 0 Å². The fraction of sp³-hybridized carbons (Fsp3) is 0.299. The summed E-state index contributed by atoms with van der Waals surface area (Å²) in [6.07, 6.45) is 18.2. The molecule has 0 unspecified atom stereocenters. The lowest BCUT2D eigenvalue weighted by Crippen LogP contribution is -2.36. The molecule has 7 fully saturated rings. The molecule has 0 atom stereocenters. The number of nitrogens with zero attached hydrogens (tertiary/aromatic N) is 15. The Bertz CT molecular complexity index is 7100. The van der Waals surface area contributed by atoms with Crippen LogP contribution in [0.2, 0.25) is 0 Å². The highest BCUT2D eigenvalue weighted by Crippen LogP contribution is 2.41. The van der Waals surface area contributed by atoms with Gasteiger partial charge in [0.05, 0.1) is 137 Å². The number of nitrogens with one attached hydrogen (secondary N) is 4. The van der Waals surface area contributed by atoms with E-state index >= 15 is 0 Å². The van der Waals surface area contributed by atoms with Gasteiger partial charge < -0.3 is 82.0 Å². The van der Waals surface area contributed by atoms with E-state index in [1.165, 1.54) is 29.9 Å². The van der Waals surface area contributed by atoms with Gasteiger partial charge in [-0.2, -0.15) is 26.1 Å². The standard InChI is InChI=1S/C29H28N4O3.C28H27N5O3.C27H25N5O2.C23H21N5O2/c30-19-22-16-21(4-5-28(22)36-24-7-12-34-13-8-24)29-25-18-27(32-26(25)6-9-31-29)20-2-1-3-23(17-20)33-10-14-35-15-11-33;29-17-21-15-20(3-6-26(21)36-23-7-11-34-12-8-23)27-24-16-25(32-28(24)31-18-30-27)19-1-4-22(5-2-19)33-9-13-35-14-10-33;28-15-21-13-20(5-8-25(21)34-16-18-1-2-18)26-23-14-24(31-27(23)30-17-29-26)19-3-6-22(7-4-19)32-9-11-33-12-10-32;1-28-14-17(13-26-28)21-11-19-20(27-21)4-7-25-23(19)15-2-3-22(16(10-15)12-24)30-18-5-8-29-9-6-18/h1-6,9,16-18,24,32H,7-8,10-15H2;1-6,15-16,18,23H,7-14H2,(H,30,31,32);3-8,13-14,17-18H,1-2,9-12,16H2,(H,29,30,31);2-4,7,10-11,13-14,18,27H,5-6,8-9H2,1H3. The van der Waals surface area contributed by atoms with E-state index in [2.05, 4.69) is 191 Å². The molecule has 29 nitrogen and oxygen atoms in total. The number of nitriles is 4. The molecule has 6 saturated heterocycles. The van der Waals surface area contributed by atoms with E-state index in [0.717, 1.165) is 251 Å². The van der Waals surface area contributed by atoms with Gasteiger partial charge in [-0.3, -0.25) is 14.6 Å². The smallest absolute Gasteiger partial charge is 0.141 e. The predicted octanol–water partition coefficient (Wildman–Crippen LogP) is 18.6. The number of aryl methyl sites for hydroxylation is 1. The molecular weight excluding hydrogens is 1710 g/mol. The monoisotopic (exact) mass is 1810 g/mol. The number of hydrogen-bond acceptors (Lipinski definition) is 24. The molecule has 7 aromatic carbocycles. The van der Waals surface area contributed by atoms with E-state index in [-0.39, 0.29) is 18.3 Å². The maximum Gasteiger partial charge on any atom is 0.141 e. The van der Waals surface area contributed by atoms with Crippen molar-refractivity contribution < 1.29 is 47.4 Å². The summed E-state index contributed by atoms with van der Waals surface area (Å²) < 4.78 is 58.6. The second-order valence-corrected chi connectivity index (χ2v) is 34.6. The van der Waals surface area contributed by atoms with Crippen LogP contribution in [-0.2, 0) is 35.5 Å². The Morgan fingerprint density at radius 2 is 0.699 bits per heavy atom. The molecule has 6 aliphatic heterocycles. The maximum absolute atomic E-state index is 9.83. The van der Waals surface area contributed by atoms with Crippen molar-refractivity contribution in [1.29, 1.82) is 21.0 Å². The molecule has 15 heterocycles. The van der Waals surface area contributed by atoms with E-state index in [1.807, 2.05) is 104 Å². The van der Waals surface area contributed by atoms with E-state index in [9.17, 15) is 21.0 Å². The minimum Gasteiger partial charge on any atom is -0.492 e. The van der Waals surface area contributed by atoms with Crippen molar-refractivity contribution >= 4 is 60.9 Å². The second kappa shape index (κ2) is 41.4.